The number of halogens is 4. The molecule has 1 atom stereocenters. The highest BCUT2D eigenvalue weighted by Crippen LogP contribution is 2.35. The largest absolute Gasteiger partial charge is 0.507 e. The lowest BCUT2D eigenvalue weighted by atomic mass is 10.0. The minimum absolute atomic E-state index is 0.0436. The van der Waals surface area contributed by atoms with Crippen LogP contribution >= 0.6 is 11.6 Å². The summed E-state index contributed by atoms with van der Waals surface area (Å²) < 4.78 is 38.6. The molecule has 30 heavy (non-hydrogen) atoms. The third kappa shape index (κ3) is 5.01. The van der Waals surface area contributed by atoms with E-state index >= 15 is 0 Å². The van der Waals surface area contributed by atoms with E-state index in [2.05, 4.69) is 15.3 Å². The van der Waals surface area contributed by atoms with Gasteiger partial charge in [0.25, 0.3) is 0 Å². The molecule has 0 aliphatic heterocycles. The molecular weight excluding hydrogens is 417 g/mol. The maximum Gasteiger partial charge on any atom is 0.416 e. The van der Waals surface area contributed by atoms with Crippen LogP contribution < -0.4 is 11.1 Å². The Morgan fingerprint density at radius 2 is 1.83 bits per heavy atom. The topological polar surface area (TPSA) is 84.1 Å². The van der Waals surface area contributed by atoms with Crippen LogP contribution in [0.15, 0.2) is 48.7 Å². The van der Waals surface area contributed by atoms with E-state index in [0.29, 0.717) is 34.1 Å². The van der Waals surface area contributed by atoms with Gasteiger partial charge in [-0.15, -0.1) is 0 Å². The summed E-state index contributed by atoms with van der Waals surface area (Å²) in [6.45, 7) is 2.35. The SMILES string of the molecule is CC[C@H](N)CNc1nc(-c2cc(Cl)ccc2O)ncc1-c1ccc(C(F)(F)F)cc1. The molecule has 0 radical (unpaired) electrons. The average molecular weight is 437 g/mol. The van der Waals surface area contributed by atoms with Gasteiger partial charge in [0.05, 0.1) is 11.1 Å². The number of nitrogens with two attached hydrogens (primary N) is 1. The first-order valence-corrected chi connectivity index (χ1v) is 9.60. The van der Waals surface area contributed by atoms with Crippen molar-refractivity contribution in [3.05, 3.63) is 59.2 Å². The minimum atomic E-state index is -4.42. The number of aromatic hydroxyl groups is 1. The molecule has 0 unspecified atom stereocenters. The lowest BCUT2D eigenvalue weighted by Gasteiger charge is -2.16. The first-order valence-electron chi connectivity index (χ1n) is 9.22. The molecule has 3 aromatic rings. The van der Waals surface area contributed by atoms with Crippen LogP contribution in [0.1, 0.15) is 18.9 Å². The zero-order valence-corrected chi connectivity index (χ0v) is 16.8. The highest BCUT2D eigenvalue weighted by molar-refractivity contribution is 6.30. The minimum Gasteiger partial charge on any atom is -0.507 e. The Hall–Kier alpha value is -2.84. The Kier molecular flexibility index (Phi) is 6.48. The van der Waals surface area contributed by atoms with Gasteiger partial charge in [-0.1, -0.05) is 30.7 Å². The van der Waals surface area contributed by atoms with E-state index in [4.69, 9.17) is 17.3 Å². The zero-order chi connectivity index (χ0) is 21.9. The van der Waals surface area contributed by atoms with Gasteiger partial charge in [0.15, 0.2) is 5.82 Å². The Morgan fingerprint density at radius 3 is 2.47 bits per heavy atom. The fourth-order valence-electron chi connectivity index (χ4n) is 2.76. The second-order valence-electron chi connectivity index (χ2n) is 6.74. The number of hydrogen-bond acceptors (Lipinski definition) is 5. The summed E-state index contributed by atoms with van der Waals surface area (Å²) >= 11 is 6.02. The molecule has 1 aromatic heterocycles. The fourth-order valence-corrected chi connectivity index (χ4v) is 2.93. The quantitative estimate of drug-likeness (QED) is 0.486. The summed E-state index contributed by atoms with van der Waals surface area (Å²) in [4.78, 5) is 8.76. The van der Waals surface area contributed by atoms with Crippen LogP contribution in [0.2, 0.25) is 5.02 Å². The van der Waals surface area contributed by atoms with Crippen molar-refractivity contribution >= 4 is 17.4 Å². The molecule has 158 valence electrons. The van der Waals surface area contributed by atoms with Crippen molar-refractivity contribution in [1.29, 1.82) is 0 Å². The van der Waals surface area contributed by atoms with E-state index in [9.17, 15) is 18.3 Å². The fraction of sp³-hybridized carbons (Fsp3) is 0.238. The second kappa shape index (κ2) is 8.89. The number of aromatic nitrogens is 2. The first-order chi connectivity index (χ1) is 14.2. The molecule has 9 heteroatoms. The highest BCUT2D eigenvalue weighted by atomic mass is 35.5. The van der Waals surface area contributed by atoms with Crippen LogP contribution in [-0.4, -0.2) is 27.7 Å². The number of alkyl halides is 3. The van der Waals surface area contributed by atoms with Gasteiger partial charge < -0.3 is 16.2 Å². The Balaban J connectivity index is 2.04. The summed E-state index contributed by atoms with van der Waals surface area (Å²) in [6.07, 6.45) is -2.20. The number of benzene rings is 2. The molecule has 0 saturated carbocycles. The van der Waals surface area contributed by atoms with Gasteiger partial charge in [-0.25, -0.2) is 9.97 Å². The summed E-state index contributed by atoms with van der Waals surface area (Å²) in [5, 5.41) is 13.7. The summed E-state index contributed by atoms with van der Waals surface area (Å²) in [6, 6.07) is 9.11. The Bertz CT molecular complexity index is 1030. The Labute approximate surface area is 176 Å². The molecule has 3 rings (SSSR count). The van der Waals surface area contributed by atoms with E-state index in [1.807, 2.05) is 6.92 Å². The lowest BCUT2D eigenvalue weighted by Crippen LogP contribution is -2.28. The lowest BCUT2D eigenvalue weighted by molar-refractivity contribution is -0.137. The molecule has 1 heterocycles. The van der Waals surface area contributed by atoms with Gasteiger partial charge in [-0.05, 0) is 42.3 Å². The maximum absolute atomic E-state index is 12.9. The van der Waals surface area contributed by atoms with Crippen molar-refractivity contribution in [2.45, 2.75) is 25.6 Å². The second-order valence-corrected chi connectivity index (χ2v) is 7.18. The first kappa shape index (κ1) is 21.9. The van der Waals surface area contributed by atoms with Crippen LogP contribution in [-0.2, 0) is 6.18 Å². The standard InChI is InChI=1S/C21H20ClF3N4O/c1-2-15(26)10-27-20-17(12-3-5-13(6-4-12)21(23,24)25)11-28-19(29-20)16-9-14(22)7-8-18(16)30/h3-9,11,15,30H,2,10,26H2,1H3,(H,27,28,29)/t15-/m0/s1. The van der Waals surface area contributed by atoms with Crippen molar-refractivity contribution < 1.29 is 18.3 Å². The number of phenols is 1. The van der Waals surface area contributed by atoms with Crippen molar-refractivity contribution in [2.75, 3.05) is 11.9 Å². The molecule has 5 nitrogen and oxygen atoms in total. The number of rotatable bonds is 6. The van der Waals surface area contributed by atoms with E-state index in [0.717, 1.165) is 18.6 Å². The molecule has 0 saturated heterocycles. The summed E-state index contributed by atoms with van der Waals surface area (Å²) in [7, 11) is 0. The third-order valence-corrected chi connectivity index (χ3v) is 4.80. The van der Waals surface area contributed by atoms with Gasteiger partial charge in [-0.3, -0.25) is 0 Å². The van der Waals surface area contributed by atoms with Gasteiger partial charge in [0.2, 0.25) is 0 Å². The predicted octanol–water partition coefficient (Wildman–Crippen LogP) is 5.34. The number of anilines is 1. The van der Waals surface area contributed by atoms with Crippen LogP contribution in [0.25, 0.3) is 22.5 Å². The maximum atomic E-state index is 12.9. The van der Waals surface area contributed by atoms with Crippen molar-refractivity contribution in [2.24, 2.45) is 5.73 Å². The van der Waals surface area contributed by atoms with Crippen molar-refractivity contribution in [1.82, 2.24) is 9.97 Å². The normalized spacial score (nSPS) is 12.6. The van der Waals surface area contributed by atoms with E-state index < -0.39 is 11.7 Å². The average Bonchev–Trinajstić information content (AvgIpc) is 2.73. The molecule has 0 bridgehead atoms. The molecule has 0 aliphatic rings. The van der Waals surface area contributed by atoms with Crippen molar-refractivity contribution in [3.8, 4) is 28.3 Å². The molecule has 0 aliphatic carbocycles. The monoisotopic (exact) mass is 436 g/mol. The van der Waals surface area contributed by atoms with Crippen LogP contribution in [0, 0.1) is 0 Å². The van der Waals surface area contributed by atoms with Gasteiger partial charge in [0.1, 0.15) is 11.6 Å². The van der Waals surface area contributed by atoms with E-state index in [1.54, 1.807) is 0 Å². The van der Waals surface area contributed by atoms with Crippen LogP contribution in [0.3, 0.4) is 0 Å². The number of hydrogen-bond donors (Lipinski definition) is 3. The molecule has 4 N–H and O–H groups in total. The molecule has 2 aromatic carbocycles. The van der Waals surface area contributed by atoms with Gasteiger partial charge >= 0.3 is 6.18 Å². The van der Waals surface area contributed by atoms with E-state index in [1.165, 1.54) is 36.5 Å². The molecule has 0 fully saturated rings. The van der Waals surface area contributed by atoms with Crippen LogP contribution in [0.5, 0.6) is 5.75 Å². The molecule has 0 amide bonds. The summed E-state index contributed by atoms with van der Waals surface area (Å²) in [5.41, 5.74) is 6.60. The predicted molar refractivity (Wildman–Crippen MR) is 111 cm³/mol. The smallest absolute Gasteiger partial charge is 0.416 e. The molecule has 0 spiro atoms. The van der Waals surface area contributed by atoms with Crippen LogP contribution in [0.4, 0.5) is 19.0 Å². The van der Waals surface area contributed by atoms with E-state index in [-0.39, 0.29) is 17.6 Å². The third-order valence-electron chi connectivity index (χ3n) is 4.57. The number of nitrogens with one attached hydrogen (secondary N) is 1. The Morgan fingerprint density at radius 1 is 1.13 bits per heavy atom. The number of nitrogens with zero attached hydrogens (tertiary/aromatic N) is 2. The van der Waals surface area contributed by atoms with Gasteiger partial charge in [-0.2, -0.15) is 13.2 Å². The molecular formula is C21H20ClF3N4O. The highest BCUT2D eigenvalue weighted by Gasteiger charge is 2.30. The zero-order valence-electron chi connectivity index (χ0n) is 16.0. The van der Waals surface area contributed by atoms with Crippen molar-refractivity contribution in [3.63, 3.8) is 0 Å². The van der Waals surface area contributed by atoms with Gasteiger partial charge in [0, 0.05) is 29.4 Å². The summed E-state index contributed by atoms with van der Waals surface area (Å²) in [5.74, 6) is 0.569. The number of phenolic OH excluding ortho intramolecular Hbond substituents is 1.